The minimum Gasteiger partial charge on any atom is -0.374 e. The van der Waals surface area contributed by atoms with Gasteiger partial charge < -0.3 is 5.32 Å². The number of thioether (sulfide) groups is 1. The Labute approximate surface area is 274 Å². The monoisotopic (exact) mass is 626 g/mol. The first-order valence-corrected chi connectivity index (χ1v) is 17.2. The van der Waals surface area contributed by atoms with E-state index in [-0.39, 0.29) is 0 Å². The molecule has 0 fully saturated rings. The van der Waals surface area contributed by atoms with Crippen LogP contribution in [0.25, 0.3) is 83.0 Å². The van der Waals surface area contributed by atoms with Gasteiger partial charge in [0.2, 0.25) is 0 Å². The molecule has 6 heteroatoms. The first kappa shape index (κ1) is 27.0. The van der Waals surface area contributed by atoms with E-state index in [4.69, 9.17) is 9.97 Å². The van der Waals surface area contributed by atoms with Crippen molar-refractivity contribution in [2.24, 2.45) is 0 Å². The Kier molecular flexibility index (Phi) is 6.61. The molecule has 0 saturated heterocycles. The van der Waals surface area contributed by atoms with Gasteiger partial charge in [0.05, 0.1) is 45.6 Å². The summed E-state index contributed by atoms with van der Waals surface area (Å²) in [5.74, 6) is 0.867. The van der Waals surface area contributed by atoms with E-state index in [9.17, 15) is 0 Å². The lowest BCUT2D eigenvalue weighted by atomic mass is 9.87. The van der Waals surface area contributed by atoms with Crippen LogP contribution in [-0.2, 0) is 0 Å². The second-order valence-electron chi connectivity index (χ2n) is 11.3. The molecule has 1 aliphatic rings. The van der Waals surface area contributed by atoms with Crippen LogP contribution in [0.3, 0.4) is 0 Å². The first-order chi connectivity index (χ1) is 22.8. The van der Waals surface area contributed by atoms with Gasteiger partial charge in [-0.25, -0.2) is 15.0 Å². The molecule has 8 aromatic rings. The highest BCUT2D eigenvalue weighted by Gasteiger charge is 2.20. The van der Waals surface area contributed by atoms with Gasteiger partial charge in [0.1, 0.15) is 0 Å². The number of hydrogen-bond acceptors (Lipinski definition) is 6. The van der Waals surface area contributed by atoms with Gasteiger partial charge in [0, 0.05) is 16.5 Å². The molecule has 218 valence electrons. The zero-order chi connectivity index (χ0) is 30.5. The average molecular weight is 627 g/mol. The number of hydrogen-bond donors (Lipinski definition) is 1. The normalized spacial score (nSPS) is 12.9. The molecule has 0 bridgehead atoms. The number of fused-ring (bicyclic) bond motifs is 3. The smallest absolute Gasteiger partial charge is 0.0995 e. The fourth-order valence-corrected chi connectivity index (χ4v) is 7.73. The summed E-state index contributed by atoms with van der Waals surface area (Å²) in [6, 6.07) is 43.3. The van der Waals surface area contributed by atoms with Gasteiger partial charge in [-0.3, -0.25) is 0 Å². The molecule has 1 N–H and O–H groups in total. The Hall–Kier alpha value is -5.30. The van der Waals surface area contributed by atoms with Crippen molar-refractivity contribution in [2.75, 3.05) is 5.88 Å². The summed E-state index contributed by atoms with van der Waals surface area (Å²) in [4.78, 5) is 15.0. The SMILES string of the molecule is C1=C(c2cccc(-c3c4ccccc4c(-c4cccc(-c5cscn5)n4)c4cc(-c5ccc6ccccc6c5)ccc34)n2)NCS1. The lowest BCUT2D eigenvalue weighted by Crippen LogP contribution is -2.07. The molecule has 1 aliphatic heterocycles. The van der Waals surface area contributed by atoms with E-state index in [1.54, 1.807) is 23.1 Å². The maximum atomic E-state index is 5.22. The number of pyridine rings is 2. The molecule has 0 atom stereocenters. The van der Waals surface area contributed by atoms with Crippen LogP contribution in [0.2, 0.25) is 0 Å². The molecule has 5 aromatic carbocycles. The molecule has 0 aliphatic carbocycles. The largest absolute Gasteiger partial charge is 0.374 e. The molecule has 0 amide bonds. The molecule has 4 nitrogen and oxygen atoms in total. The van der Waals surface area contributed by atoms with Crippen molar-refractivity contribution in [3.63, 3.8) is 0 Å². The van der Waals surface area contributed by atoms with Crippen LogP contribution in [0.4, 0.5) is 0 Å². The van der Waals surface area contributed by atoms with Crippen molar-refractivity contribution >= 4 is 61.1 Å². The van der Waals surface area contributed by atoms with Crippen LogP contribution >= 0.6 is 23.1 Å². The Morgan fingerprint density at radius 3 is 1.93 bits per heavy atom. The zero-order valence-electron chi connectivity index (χ0n) is 24.6. The highest BCUT2D eigenvalue weighted by Crippen LogP contribution is 2.44. The van der Waals surface area contributed by atoms with Crippen molar-refractivity contribution in [3.8, 4) is 45.0 Å². The minimum atomic E-state index is 0.867. The molecule has 0 radical (unpaired) electrons. The van der Waals surface area contributed by atoms with E-state index in [2.05, 4.69) is 136 Å². The summed E-state index contributed by atoms with van der Waals surface area (Å²) >= 11 is 3.34. The standard InChI is InChI=1S/C40H26N4S2/c1-2-8-26-19-27(16-15-25(26)7-1)28-17-18-31-32(20-28)40(36-14-6-12-34(44-36)38-22-46-24-42-38)30-10-4-3-9-29(30)39(31)35-13-5-11-33(43-35)37-21-45-23-41-37/h1-22,24,41H,23H2. The summed E-state index contributed by atoms with van der Waals surface area (Å²) in [5.41, 5.74) is 12.1. The van der Waals surface area contributed by atoms with Crippen molar-refractivity contribution < 1.29 is 0 Å². The third-order valence-corrected chi connectivity index (χ3v) is 9.93. The fraction of sp³-hybridized carbons (Fsp3) is 0.0250. The highest BCUT2D eigenvalue weighted by atomic mass is 32.2. The quantitative estimate of drug-likeness (QED) is 0.193. The van der Waals surface area contributed by atoms with Crippen LogP contribution in [-0.4, -0.2) is 20.8 Å². The van der Waals surface area contributed by atoms with E-state index >= 15 is 0 Å². The minimum absolute atomic E-state index is 0.867. The molecular weight excluding hydrogens is 601 g/mol. The van der Waals surface area contributed by atoms with Crippen LogP contribution in [0, 0.1) is 0 Å². The Balaban J connectivity index is 1.35. The molecule has 3 aromatic heterocycles. The molecule has 46 heavy (non-hydrogen) atoms. The Morgan fingerprint density at radius 2 is 1.17 bits per heavy atom. The first-order valence-electron chi connectivity index (χ1n) is 15.2. The van der Waals surface area contributed by atoms with E-state index in [0.717, 1.165) is 78.3 Å². The van der Waals surface area contributed by atoms with Gasteiger partial charge in [-0.2, -0.15) is 0 Å². The predicted molar refractivity (Wildman–Crippen MR) is 196 cm³/mol. The summed E-state index contributed by atoms with van der Waals surface area (Å²) in [5, 5.41) is 14.7. The van der Waals surface area contributed by atoms with Gasteiger partial charge in [-0.15, -0.1) is 23.1 Å². The number of rotatable bonds is 5. The van der Waals surface area contributed by atoms with E-state index < -0.39 is 0 Å². The van der Waals surface area contributed by atoms with Crippen LogP contribution in [0.1, 0.15) is 5.69 Å². The summed E-state index contributed by atoms with van der Waals surface area (Å²) in [6.45, 7) is 0. The number of nitrogens with zero attached hydrogens (tertiary/aromatic N) is 3. The number of thiazole rings is 1. The number of benzene rings is 5. The average Bonchev–Trinajstić information content (AvgIpc) is 3.86. The number of nitrogens with one attached hydrogen (secondary N) is 1. The van der Waals surface area contributed by atoms with Gasteiger partial charge >= 0.3 is 0 Å². The van der Waals surface area contributed by atoms with E-state index in [1.165, 1.54) is 16.3 Å². The van der Waals surface area contributed by atoms with Crippen molar-refractivity contribution in [2.45, 2.75) is 0 Å². The topological polar surface area (TPSA) is 50.7 Å². The number of aromatic nitrogens is 3. The predicted octanol–water partition coefficient (Wildman–Crippen LogP) is 10.7. The third kappa shape index (κ3) is 4.66. The van der Waals surface area contributed by atoms with E-state index in [0.29, 0.717) is 0 Å². The molecule has 0 saturated carbocycles. The third-order valence-electron chi connectivity index (χ3n) is 8.64. The summed E-state index contributed by atoms with van der Waals surface area (Å²) < 4.78 is 0. The molecule has 0 spiro atoms. The Morgan fingerprint density at radius 1 is 0.522 bits per heavy atom. The van der Waals surface area contributed by atoms with Gasteiger partial charge in [-0.1, -0.05) is 84.9 Å². The lowest BCUT2D eigenvalue weighted by Gasteiger charge is -2.18. The molecule has 0 unspecified atom stereocenters. The van der Waals surface area contributed by atoms with E-state index in [1.807, 2.05) is 11.6 Å². The summed E-state index contributed by atoms with van der Waals surface area (Å²) in [7, 11) is 0. The van der Waals surface area contributed by atoms with Crippen molar-refractivity contribution in [1.82, 2.24) is 20.3 Å². The zero-order valence-corrected chi connectivity index (χ0v) is 26.3. The van der Waals surface area contributed by atoms with Crippen LogP contribution in [0.15, 0.2) is 138 Å². The highest BCUT2D eigenvalue weighted by molar-refractivity contribution is 8.02. The molecule has 4 heterocycles. The fourth-order valence-electron chi connectivity index (χ4n) is 6.50. The lowest BCUT2D eigenvalue weighted by molar-refractivity contribution is 1.08. The molecule has 9 rings (SSSR count). The second-order valence-corrected chi connectivity index (χ2v) is 12.9. The molecular formula is C40H26N4S2. The van der Waals surface area contributed by atoms with Crippen molar-refractivity contribution in [1.29, 1.82) is 0 Å². The summed E-state index contributed by atoms with van der Waals surface area (Å²) in [6.07, 6.45) is 0. The second kappa shape index (κ2) is 11.2. The maximum Gasteiger partial charge on any atom is 0.0995 e. The van der Waals surface area contributed by atoms with Gasteiger partial charge in [0.25, 0.3) is 0 Å². The van der Waals surface area contributed by atoms with Crippen molar-refractivity contribution in [3.05, 3.63) is 143 Å². The maximum absolute atomic E-state index is 5.22. The van der Waals surface area contributed by atoms with Gasteiger partial charge in [0.15, 0.2) is 0 Å². The van der Waals surface area contributed by atoms with Gasteiger partial charge in [-0.05, 0) is 85.3 Å². The van der Waals surface area contributed by atoms with Crippen LogP contribution in [0.5, 0.6) is 0 Å². The Bertz CT molecular complexity index is 2470. The van der Waals surface area contributed by atoms with Crippen LogP contribution < -0.4 is 5.32 Å².